The summed E-state index contributed by atoms with van der Waals surface area (Å²) in [6, 6.07) is 12.2. The van der Waals surface area contributed by atoms with Crippen molar-refractivity contribution in [2.24, 2.45) is 11.8 Å². The monoisotopic (exact) mass is 737 g/mol. The van der Waals surface area contributed by atoms with Crippen LogP contribution in [-0.2, 0) is 22.6 Å². The number of likely N-dealkylation sites (tertiary alicyclic amines) is 1. The van der Waals surface area contributed by atoms with Gasteiger partial charge in [-0.25, -0.2) is 4.79 Å². The van der Waals surface area contributed by atoms with Gasteiger partial charge in [0, 0.05) is 30.6 Å². The Balaban J connectivity index is 1.35. The minimum atomic E-state index is -2.62. The summed E-state index contributed by atoms with van der Waals surface area (Å²) >= 11 is 0. The molecule has 2 fully saturated rings. The lowest BCUT2D eigenvalue weighted by atomic mass is 9.57. The van der Waals surface area contributed by atoms with Gasteiger partial charge in [-0.2, -0.15) is 0 Å². The zero-order valence-corrected chi connectivity index (χ0v) is 31.2. The van der Waals surface area contributed by atoms with Crippen molar-refractivity contribution < 1.29 is 43.3 Å². The van der Waals surface area contributed by atoms with Gasteiger partial charge in [-0.3, -0.25) is 19.4 Å². The van der Waals surface area contributed by atoms with Crippen LogP contribution in [0.5, 0.6) is 11.6 Å². The van der Waals surface area contributed by atoms with Crippen molar-refractivity contribution >= 4 is 23.5 Å². The summed E-state index contributed by atoms with van der Waals surface area (Å²) in [4.78, 5) is 46.8. The lowest BCUT2D eigenvalue weighted by molar-refractivity contribution is -0.143. The predicted octanol–water partition coefficient (Wildman–Crippen LogP) is 6.71. The van der Waals surface area contributed by atoms with Crippen molar-refractivity contribution in [2.45, 2.75) is 76.3 Å². The number of Topliss-reactive ketones (excluding diaryl/α,β-unsaturated/α-hetero) is 2. The van der Waals surface area contributed by atoms with Crippen LogP contribution >= 0.6 is 0 Å². The molecule has 4 aliphatic rings. The predicted molar refractivity (Wildman–Crippen MR) is 199 cm³/mol. The topological polar surface area (TPSA) is 152 Å². The molecule has 1 aromatic heterocycles. The molecule has 284 valence electrons. The van der Waals surface area contributed by atoms with Crippen LogP contribution in [-0.4, -0.2) is 80.8 Å². The molecule has 12 heteroatoms. The molecule has 1 unspecified atom stereocenters. The van der Waals surface area contributed by atoms with E-state index < -0.39 is 52.6 Å². The third-order valence-corrected chi connectivity index (χ3v) is 11.0. The fourth-order valence-electron chi connectivity index (χ4n) is 8.71. The number of ether oxygens (including phenoxy) is 3. The maximum absolute atomic E-state index is 14.9. The summed E-state index contributed by atoms with van der Waals surface area (Å²) in [5.74, 6) is -3.81. The SMILES string of the molecule is C=CCN(CC=C)[C@@H]1c2onc(OCc3ccccc3)c2C(=O)[C@@]2(O)C(=O)C3=C(O)c4c(cc(C5CCCN5C)cc4OC(=O)OC(C)(C)C)C[C@H]3C[C@@H]12. The summed E-state index contributed by atoms with van der Waals surface area (Å²) in [5, 5.41) is 28.9. The number of hydrogen-bond donors (Lipinski definition) is 2. The van der Waals surface area contributed by atoms with Gasteiger partial charge in [-0.05, 0) is 93.9 Å². The van der Waals surface area contributed by atoms with E-state index in [0.29, 0.717) is 18.7 Å². The number of fused-ring (bicyclic) bond motifs is 4. The van der Waals surface area contributed by atoms with Gasteiger partial charge in [0.15, 0.2) is 11.4 Å². The van der Waals surface area contributed by atoms with Crippen molar-refractivity contribution in [3.63, 3.8) is 0 Å². The lowest BCUT2D eigenvalue weighted by Crippen LogP contribution is -2.63. The van der Waals surface area contributed by atoms with Crippen LogP contribution in [0.4, 0.5) is 4.79 Å². The Bertz CT molecular complexity index is 2020. The second-order valence-corrected chi connectivity index (χ2v) is 15.7. The van der Waals surface area contributed by atoms with Gasteiger partial charge in [0.25, 0.3) is 5.88 Å². The smallest absolute Gasteiger partial charge is 0.507 e. The highest BCUT2D eigenvalue weighted by atomic mass is 16.7. The van der Waals surface area contributed by atoms with Gasteiger partial charge in [-0.15, -0.1) is 13.2 Å². The Morgan fingerprint density at radius 2 is 1.83 bits per heavy atom. The fourth-order valence-corrected chi connectivity index (χ4v) is 8.71. The van der Waals surface area contributed by atoms with Crippen LogP contribution in [0, 0.1) is 11.8 Å². The first kappa shape index (κ1) is 37.3. The number of aliphatic hydroxyl groups excluding tert-OH is 1. The number of aromatic nitrogens is 1. The average molecular weight is 738 g/mol. The van der Waals surface area contributed by atoms with Gasteiger partial charge in [-0.1, -0.05) is 48.6 Å². The normalized spacial score (nSPS) is 25.1. The second kappa shape index (κ2) is 14.3. The van der Waals surface area contributed by atoms with Gasteiger partial charge < -0.3 is 28.9 Å². The van der Waals surface area contributed by atoms with E-state index in [-0.39, 0.29) is 59.6 Å². The molecule has 0 bridgehead atoms. The zero-order valence-electron chi connectivity index (χ0n) is 31.2. The van der Waals surface area contributed by atoms with E-state index >= 15 is 0 Å². The molecule has 1 saturated heterocycles. The summed E-state index contributed by atoms with van der Waals surface area (Å²) in [6.45, 7) is 14.6. The van der Waals surface area contributed by atoms with E-state index in [1.54, 1.807) is 39.0 Å². The van der Waals surface area contributed by atoms with Crippen LogP contribution < -0.4 is 9.47 Å². The number of ketones is 2. The highest BCUT2D eigenvalue weighted by Gasteiger charge is 2.66. The zero-order chi connectivity index (χ0) is 38.5. The molecular formula is C42H47N3O9. The van der Waals surface area contributed by atoms with Gasteiger partial charge in [0.2, 0.25) is 11.6 Å². The van der Waals surface area contributed by atoms with Gasteiger partial charge in [0.1, 0.15) is 29.3 Å². The minimum Gasteiger partial charge on any atom is -0.507 e. The van der Waals surface area contributed by atoms with Crippen molar-refractivity contribution in [1.29, 1.82) is 0 Å². The second-order valence-electron chi connectivity index (χ2n) is 15.7. The first-order chi connectivity index (χ1) is 25.8. The summed E-state index contributed by atoms with van der Waals surface area (Å²) in [6.07, 6.45) is 4.72. The quantitative estimate of drug-likeness (QED) is 0.0985. The van der Waals surface area contributed by atoms with Crippen LogP contribution in [0.2, 0.25) is 0 Å². The number of nitrogens with zero attached hydrogens (tertiary/aromatic N) is 3. The molecule has 3 aromatic rings. The highest BCUT2D eigenvalue weighted by molar-refractivity contribution is 6.26. The average Bonchev–Trinajstić information content (AvgIpc) is 3.74. The molecule has 2 aromatic carbocycles. The van der Waals surface area contributed by atoms with E-state index in [4.69, 9.17) is 18.7 Å². The van der Waals surface area contributed by atoms with E-state index in [9.17, 15) is 24.6 Å². The first-order valence-corrected chi connectivity index (χ1v) is 18.4. The van der Waals surface area contributed by atoms with Crippen molar-refractivity contribution in [2.75, 3.05) is 26.7 Å². The maximum atomic E-state index is 14.9. The molecule has 7 rings (SSSR count). The first-order valence-electron chi connectivity index (χ1n) is 18.4. The van der Waals surface area contributed by atoms with Gasteiger partial charge in [0.05, 0.1) is 11.6 Å². The van der Waals surface area contributed by atoms with Gasteiger partial charge >= 0.3 is 6.16 Å². The standard InChI is InChI=1S/C42H47N3O9/c1-7-16-45(17-8-2)34-28-21-27-20-26-19-25(29-15-12-18-44(29)6)22-30(52-40(49)53-41(3,4)5)31(26)35(46)32(27)37(47)42(28,50)38(48)33-36(34)54-43-39(33)51-23-24-13-10-9-11-14-24/h7-11,13-14,19,22,27-29,34,46,50H,1-2,12,15-18,20-21,23H2,3-6H3/t27-,28-,29?,34-,42-/m0/s1. The van der Waals surface area contributed by atoms with Crippen LogP contribution in [0.3, 0.4) is 0 Å². The Kier molecular flexibility index (Phi) is 9.88. The van der Waals surface area contributed by atoms with Crippen LogP contribution in [0.15, 0.2) is 77.9 Å². The maximum Gasteiger partial charge on any atom is 0.514 e. The lowest BCUT2D eigenvalue weighted by Gasteiger charge is -2.50. The van der Waals surface area contributed by atoms with Crippen molar-refractivity contribution in [1.82, 2.24) is 15.0 Å². The molecule has 0 amide bonds. The fraction of sp³-hybridized carbons (Fsp3) is 0.429. The number of aliphatic hydroxyl groups is 2. The third kappa shape index (κ3) is 6.46. The molecule has 5 atom stereocenters. The number of carbonyl (C=O) groups excluding carboxylic acids is 3. The van der Waals surface area contributed by atoms with E-state index in [0.717, 1.165) is 30.5 Å². The Hall–Kier alpha value is -5.04. The Morgan fingerprint density at radius 1 is 1.11 bits per heavy atom. The highest BCUT2D eigenvalue weighted by Crippen LogP contribution is 2.56. The molecular weight excluding hydrogens is 690 g/mol. The largest absolute Gasteiger partial charge is 0.514 e. The number of hydrogen-bond acceptors (Lipinski definition) is 12. The van der Waals surface area contributed by atoms with Crippen molar-refractivity contribution in [3.8, 4) is 11.6 Å². The molecule has 1 aliphatic heterocycles. The molecule has 3 aliphatic carbocycles. The Morgan fingerprint density at radius 3 is 2.48 bits per heavy atom. The molecule has 54 heavy (non-hydrogen) atoms. The van der Waals surface area contributed by atoms with E-state index in [2.05, 4.69) is 23.2 Å². The molecule has 1 saturated carbocycles. The number of carbonyl (C=O) groups is 3. The summed E-state index contributed by atoms with van der Waals surface area (Å²) in [7, 11) is 2.04. The van der Waals surface area contributed by atoms with Crippen LogP contribution in [0.1, 0.15) is 90.5 Å². The minimum absolute atomic E-state index is 0.0383. The Labute approximate surface area is 314 Å². The van der Waals surface area contributed by atoms with E-state index in [1.807, 2.05) is 48.3 Å². The molecule has 2 heterocycles. The molecule has 2 N–H and O–H groups in total. The van der Waals surface area contributed by atoms with Crippen molar-refractivity contribution in [3.05, 3.63) is 107 Å². The van der Waals surface area contributed by atoms with Crippen LogP contribution in [0.25, 0.3) is 5.76 Å². The summed E-state index contributed by atoms with van der Waals surface area (Å²) in [5.41, 5.74) is -1.14. The van der Waals surface area contributed by atoms with E-state index in [1.165, 1.54) is 0 Å². The number of rotatable bonds is 10. The molecule has 12 nitrogen and oxygen atoms in total. The third-order valence-electron chi connectivity index (χ3n) is 11.0. The molecule has 0 radical (unpaired) electrons. The summed E-state index contributed by atoms with van der Waals surface area (Å²) < 4.78 is 23.2. The molecule has 0 spiro atoms. The number of benzene rings is 2.